The number of aromatic nitrogens is 2. The Balaban J connectivity index is 1.93. The molecule has 4 rings (SSSR count). The summed E-state index contributed by atoms with van der Waals surface area (Å²) >= 11 is 11.6. The lowest BCUT2D eigenvalue weighted by Gasteiger charge is -2.25. The summed E-state index contributed by atoms with van der Waals surface area (Å²) in [7, 11) is -3.81. The largest absolute Gasteiger partial charge is 0.417 e. The maximum Gasteiger partial charge on any atom is 0.417 e. The van der Waals surface area contributed by atoms with Crippen molar-refractivity contribution in [1.82, 2.24) is 9.97 Å². The molecule has 2 heterocycles. The number of carbonyl (C=O) groups is 1. The number of fused-ring (bicyclic) bond motifs is 1. The van der Waals surface area contributed by atoms with Crippen molar-refractivity contribution < 1.29 is 39.9 Å². The molecule has 0 saturated heterocycles. The van der Waals surface area contributed by atoms with Crippen LogP contribution in [0.25, 0.3) is 11.1 Å². The Hall–Kier alpha value is -3.46. The average molecular weight is 594 g/mol. The number of oxazole rings is 1. The Bertz CT molecular complexity index is 1740. The zero-order chi connectivity index (χ0) is 28.0. The number of hydrogen-bond acceptors (Lipinski definition) is 7. The van der Waals surface area contributed by atoms with Crippen LogP contribution in [0.15, 0.2) is 56.7 Å². The van der Waals surface area contributed by atoms with Crippen molar-refractivity contribution in [3.8, 4) is 0 Å². The van der Waals surface area contributed by atoms with Crippen LogP contribution in [0.4, 0.5) is 23.2 Å². The number of ketones is 1. The number of rotatable bonds is 7. The average Bonchev–Trinajstić information content (AvgIpc) is 3.21. The summed E-state index contributed by atoms with van der Waals surface area (Å²) in [4.78, 5) is 30.4. The number of H-pyrrole nitrogens is 1. The molecule has 0 aliphatic rings. The predicted molar refractivity (Wildman–Crippen MR) is 127 cm³/mol. The molecule has 2 aromatic heterocycles. The minimum absolute atomic E-state index is 0.0301. The number of hydrogen-bond donors (Lipinski definition) is 1. The molecule has 0 spiro atoms. The Labute approximate surface area is 220 Å². The Kier molecular flexibility index (Phi) is 7.27. The summed E-state index contributed by atoms with van der Waals surface area (Å²) in [5, 5.41) is -0.918. The molecule has 0 radical (unpaired) electrons. The van der Waals surface area contributed by atoms with E-state index >= 15 is 0 Å². The molecule has 0 amide bonds. The second-order valence-corrected chi connectivity index (χ2v) is 10.3. The number of alkyl halides is 3. The number of benzene rings is 2. The minimum atomic E-state index is -4.98. The summed E-state index contributed by atoms with van der Waals surface area (Å²) in [6.45, 7) is -0.819. The number of nitrogens with one attached hydrogen (secondary N) is 1. The van der Waals surface area contributed by atoms with Gasteiger partial charge in [-0.15, -0.1) is 0 Å². The van der Waals surface area contributed by atoms with Gasteiger partial charge in [0.05, 0.1) is 31.7 Å². The molecule has 38 heavy (non-hydrogen) atoms. The van der Waals surface area contributed by atoms with Crippen molar-refractivity contribution in [2.24, 2.45) is 0 Å². The third kappa shape index (κ3) is 4.99. The lowest BCUT2D eigenvalue weighted by atomic mass is 10.0. The summed E-state index contributed by atoms with van der Waals surface area (Å²) < 4.78 is 92.3. The predicted octanol–water partition coefficient (Wildman–Crippen LogP) is 5.01. The van der Waals surface area contributed by atoms with E-state index in [0.717, 1.165) is 43.6 Å². The number of pyridine rings is 1. The second kappa shape index (κ2) is 10.0. The van der Waals surface area contributed by atoms with E-state index in [0.29, 0.717) is 10.4 Å². The first kappa shape index (κ1) is 27.6. The first-order valence-corrected chi connectivity index (χ1v) is 12.3. The zero-order valence-electron chi connectivity index (χ0n) is 18.8. The molecular formula is C22H13Cl2F4N3O6S. The molecule has 16 heteroatoms. The van der Waals surface area contributed by atoms with Gasteiger partial charge in [-0.1, -0.05) is 23.2 Å². The van der Waals surface area contributed by atoms with Crippen molar-refractivity contribution in [3.05, 3.63) is 85.8 Å². The maximum absolute atomic E-state index is 14.8. The normalized spacial score (nSPS) is 12.2. The lowest BCUT2D eigenvalue weighted by molar-refractivity contribution is -0.137. The number of nitrogens with zero attached hydrogens (tertiary/aromatic N) is 2. The molecule has 0 saturated carbocycles. The van der Waals surface area contributed by atoms with Crippen LogP contribution in [0.1, 0.15) is 21.6 Å². The summed E-state index contributed by atoms with van der Waals surface area (Å²) in [5.74, 6) is -3.33. The highest BCUT2D eigenvalue weighted by Crippen LogP contribution is 2.38. The Morgan fingerprint density at radius 3 is 2.55 bits per heavy atom. The molecular weight excluding hydrogens is 581 g/mol. The third-order valence-electron chi connectivity index (χ3n) is 5.16. The number of sulfonamides is 1. The van der Waals surface area contributed by atoms with E-state index in [1.807, 2.05) is 0 Å². The smallest absolute Gasteiger partial charge is 0.407 e. The summed E-state index contributed by atoms with van der Waals surface area (Å²) in [6, 6.07) is 4.87. The maximum atomic E-state index is 14.8. The molecule has 1 N–H and O–H groups in total. The van der Waals surface area contributed by atoms with E-state index in [1.165, 1.54) is 0 Å². The van der Waals surface area contributed by atoms with Gasteiger partial charge in [-0.2, -0.15) is 13.2 Å². The van der Waals surface area contributed by atoms with Gasteiger partial charge in [0.1, 0.15) is 23.8 Å². The number of ether oxygens (including phenoxy) is 1. The highest BCUT2D eigenvalue weighted by atomic mass is 35.5. The van der Waals surface area contributed by atoms with Gasteiger partial charge in [0.2, 0.25) is 5.78 Å². The van der Waals surface area contributed by atoms with Gasteiger partial charge in [0.25, 0.3) is 10.0 Å². The van der Waals surface area contributed by atoms with Gasteiger partial charge in [-0.3, -0.25) is 9.78 Å². The first-order chi connectivity index (χ1) is 17.8. The zero-order valence-corrected chi connectivity index (χ0v) is 21.1. The monoisotopic (exact) mass is 593 g/mol. The van der Waals surface area contributed by atoms with Gasteiger partial charge < -0.3 is 9.15 Å². The Morgan fingerprint density at radius 2 is 1.89 bits per heavy atom. The van der Waals surface area contributed by atoms with Crippen LogP contribution in [-0.4, -0.2) is 38.0 Å². The first-order valence-electron chi connectivity index (χ1n) is 10.2. The molecule has 0 bridgehead atoms. The van der Waals surface area contributed by atoms with Crippen LogP contribution in [0.3, 0.4) is 0 Å². The third-order valence-corrected chi connectivity index (χ3v) is 7.43. The lowest BCUT2D eigenvalue weighted by Crippen LogP contribution is -2.34. The highest BCUT2D eigenvalue weighted by molar-refractivity contribution is 7.92. The molecule has 0 fully saturated rings. The molecule has 0 unspecified atom stereocenters. The van der Waals surface area contributed by atoms with Crippen LogP contribution in [0.5, 0.6) is 0 Å². The van der Waals surface area contributed by atoms with Gasteiger partial charge in [-0.05, 0) is 36.4 Å². The molecule has 0 aliphatic carbocycles. The SMILES string of the molecule is COCN(c1cc(Cl)cnc1C(=O)c1c(F)ccc2[nH]c(=O)oc12)S(=O)(=O)c1ccc(Cl)c(C(F)(F)F)c1. The fraction of sp³-hybridized carbons (Fsp3) is 0.136. The second-order valence-electron chi connectivity index (χ2n) is 7.57. The van der Waals surface area contributed by atoms with Gasteiger partial charge in [0, 0.05) is 13.3 Å². The number of carbonyl (C=O) groups excluding carboxylic acids is 1. The fourth-order valence-corrected chi connectivity index (χ4v) is 5.29. The standard InChI is InChI=1S/C22H13Cl2F4N3O6S/c1-36-9-31(38(34,35)11-2-3-13(24)12(7-11)22(26,27)28)16-6-10(23)8-29-18(16)19(32)17-14(25)4-5-15-20(17)37-21(33)30-15/h2-8H,9H2,1H3,(H,30,33). The molecule has 4 aromatic rings. The van der Waals surface area contributed by atoms with Crippen molar-refractivity contribution in [2.75, 3.05) is 18.1 Å². The summed E-state index contributed by atoms with van der Waals surface area (Å²) in [5.41, 5.74) is -3.90. The van der Waals surface area contributed by atoms with E-state index in [4.69, 9.17) is 32.4 Å². The molecule has 0 atom stereocenters. The van der Waals surface area contributed by atoms with Gasteiger partial charge in [-0.25, -0.2) is 26.9 Å². The van der Waals surface area contributed by atoms with Crippen LogP contribution in [0, 0.1) is 5.82 Å². The highest BCUT2D eigenvalue weighted by Gasteiger charge is 2.37. The quantitative estimate of drug-likeness (QED) is 0.181. The molecule has 200 valence electrons. The Morgan fingerprint density at radius 1 is 1.18 bits per heavy atom. The van der Waals surface area contributed by atoms with E-state index in [9.17, 15) is 35.6 Å². The number of halogens is 6. The van der Waals surface area contributed by atoms with Crippen LogP contribution in [0.2, 0.25) is 10.0 Å². The van der Waals surface area contributed by atoms with E-state index in [2.05, 4.69) is 9.97 Å². The minimum Gasteiger partial charge on any atom is -0.407 e. The van der Waals surface area contributed by atoms with Crippen molar-refractivity contribution >= 4 is 55.8 Å². The summed E-state index contributed by atoms with van der Waals surface area (Å²) in [6.07, 6.45) is -4.02. The van der Waals surface area contributed by atoms with Crippen molar-refractivity contribution in [3.63, 3.8) is 0 Å². The topological polar surface area (TPSA) is 123 Å². The fourth-order valence-electron chi connectivity index (χ4n) is 3.51. The van der Waals surface area contributed by atoms with Gasteiger partial charge in [0.15, 0.2) is 5.58 Å². The molecule has 0 aliphatic heterocycles. The number of methoxy groups -OCH3 is 1. The molecule has 2 aromatic carbocycles. The number of aromatic amines is 1. The van der Waals surface area contributed by atoms with Crippen LogP contribution >= 0.6 is 23.2 Å². The molecule has 9 nitrogen and oxygen atoms in total. The van der Waals surface area contributed by atoms with Crippen molar-refractivity contribution in [2.45, 2.75) is 11.1 Å². The van der Waals surface area contributed by atoms with E-state index in [1.54, 1.807) is 0 Å². The van der Waals surface area contributed by atoms with Crippen LogP contribution in [-0.2, 0) is 20.9 Å². The van der Waals surface area contributed by atoms with E-state index < -0.39 is 78.3 Å². The van der Waals surface area contributed by atoms with Gasteiger partial charge >= 0.3 is 11.9 Å². The number of anilines is 1. The van der Waals surface area contributed by atoms with E-state index in [-0.39, 0.29) is 10.5 Å². The van der Waals surface area contributed by atoms with Crippen LogP contribution < -0.4 is 10.1 Å². The van der Waals surface area contributed by atoms with Crippen molar-refractivity contribution in [1.29, 1.82) is 0 Å².